The van der Waals surface area contributed by atoms with E-state index >= 15 is 0 Å². The maximum atomic E-state index is 5.77. The summed E-state index contributed by atoms with van der Waals surface area (Å²) in [5, 5.41) is 4.23. The van der Waals surface area contributed by atoms with Crippen LogP contribution in [-0.4, -0.2) is 19.6 Å². The highest BCUT2D eigenvalue weighted by Crippen LogP contribution is 2.20. The molecule has 5 nitrogen and oxygen atoms in total. The van der Waals surface area contributed by atoms with Crippen LogP contribution in [0.15, 0.2) is 6.33 Å². The topological polar surface area (TPSA) is 69.1 Å². The molecule has 0 amide bonds. The van der Waals surface area contributed by atoms with Crippen LogP contribution in [0.5, 0.6) is 0 Å². The van der Waals surface area contributed by atoms with Gasteiger partial charge in [0.1, 0.15) is 11.5 Å². The molecule has 0 saturated heterocycles. The van der Waals surface area contributed by atoms with Gasteiger partial charge in [-0.2, -0.15) is 14.6 Å². The van der Waals surface area contributed by atoms with E-state index in [1.165, 1.54) is 10.8 Å². The second-order valence-corrected chi connectivity index (χ2v) is 3.51. The van der Waals surface area contributed by atoms with Crippen molar-refractivity contribution >= 4 is 45.8 Å². The fourth-order valence-electron chi connectivity index (χ4n) is 0.848. The molecule has 0 saturated carbocycles. The van der Waals surface area contributed by atoms with Crippen LogP contribution in [0.1, 0.15) is 0 Å². The van der Waals surface area contributed by atoms with Gasteiger partial charge in [0, 0.05) is 0 Å². The van der Waals surface area contributed by atoms with E-state index in [-0.39, 0.29) is 5.95 Å². The Morgan fingerprint density at radius 2 is 2.33 bits per heavy atom. The Morgan fingerprint density at radius 3 is 3.08 bits per heavy atom. The van der Waals surface area contributed by atoms with Crippen molar-refractivity contribution in [3.63, 3.8) is 0 Å². The molecule has 2 rings (SSSR count). The highest BCUT2D eigenvalue weighted by atomic mass is 127. The van der Waals surface area contributed by atoms with E-state index in [9.17, 15) is 0 Å². The third-order valence-corrected chi connectivity index (χ3v) is 2.94. The molecule has 0 aliphatic heterocycles. The van der Waals surface area contributed by atoms with Crippen LogP contribution in [0.4, 0.5) is 5.95 Å². The Morgan fingerprint density at radius 1 is 1.58 bits per heavy atom. The van der Waals surface area contributed by atoms with Crippen molar-refractivity contribution in [3.05, 3.63) is 15.1 Å². The fourth-order valence-corrected chi connectivity index (χ4v) is 1.51. The van der Waals surface area contributed by atoms with Crippen molar-refractivity contribution in [3.8, 4) is 0 Å². The smallest absolute Gasteiger partial charge is 0.224 e. The summed E-state index contributed by atoms with van der Waals surface area (Å²) in [6.45, 7) is 0. The summed E-state index contributed by atoms with van der Waals surface area (Å²) in [4.78, 5) is 7.85. The number of nitrogen functional groups attached to an aromatic ring is 1. The zero-order valence-electron chi connectivity index (χ0n) is 5.70. The van der Waals surface area contributed by atoms with Gasteiger partial charge in [0.05, 0.1) is 3.57 Å². The van der Waals surface area contributed by atoms with Gasteiger partial charge >= 0.3 is 0 Å². The van der Waals surface area contributed by atoms with Crippen LogP contribution in [0.25, 0.3) is 5.65 Å². The predicted molar refractivity (Wildman–Crippen MR) is 52.9 cm³/mol. The van der Waals surface area contributed by atoms with E-state index in [1.54, 1.807) is 0 Å². The number of nitrogens with two attached hydrogens (primary N) is 1. The molecule has 0 atom stereocenters. The highest BCUT2D eigenvalue weighted by Gasteiger charge is 2.09. The van der Waals surface area contributed by atoms with E-state index in [1.807, 2.05) is 22.6 Å². The molecule has 0 fully saturated rings. The Bertz CT molecular complexity index is 439. The largest absolute Gasteiger partial charge is 0.368 e. The Balaban J connectivity index is 2.97. The minimum atomic E-state index is 0.243. The first-order chi connectivity index (χ1) is 5.70. The molecule has 0 spiro atoms. The lowest BCUT2D eigenvalue weighted by molar-refractivity contribution is 0.935. The van der Waals surface area contributed by atoms with Gasteiger partial charge in [-0.25, -0.2) is 4.98 Å². The van der Waals surface area contributed by atoms with Gasteiger partial charge in [-0.3, -0.25) is 0 Å². The SMILES string of the molecule is Nc1nc(Cl)c(I)c2ncnn12. The van der Waals surface area contributed by atoms with Crippen molar-refractivity contribution in [2.45, 2.75) is 0 Å². The number of aromatic nitrogens is 4. The molecule has 2 N–H and O–H groups in total. The molecule has 0 bridgehead atoms. The van der Waals surface area contributed by atoms with Crippen LogP contribution in [0.3, 0.4) is 0 Å². The summed E-state index contributed by atoms with van der Waals surface area (Å²) in [7, 11) is 0. The number of nitrogens with zero attached hydrogens (tertiary/aromatic N) is 4. The number of rotatable bonds is 0. The highest BCUT2D eigenvalue weighted by molar-refractivity contribution is 14.1. The zero-order valence-corrected chi connectivity index (χ0v) is 8.61. The van der Waals surface area contributed by atoms with Gasteiger partial charge in [-0.05, 0) is 22.6 Å². The zero-order chi connectivity index (χ0) is 8.72. The molecule has 12 heavy (non-hydrogen) atoms. The summed E-state index contributed by atoms with van der Waals surface area (Å²) >= 11 is 7.81. The van der Waals surface area contributed by atoms with E-state index < -0.39 is 0 Å². The molecular weight excluding hydrogens is 292 g/mol. The van der Waals surface area contributed by atoms with E-state index in [4.69, 9.17) is 17.3 Å². The number of hydrogen-bond donors (Lipinski definition) is 1. The van der Waals surface area contributed by atoms with Gasteiger partial charge in [0.25, 0.3) is 0 Å². The molecule has 2 aromatic rings. The molecule has 62 valence electrons. The van der Waals surface area contributed by atoms with E-state index in [0.717, 1.165) is 3.57 Å². The Labute approximate surface area is 86.1 Å². The molecule has 0 radical (unpaired) electrons. The average Bonchev–Trinajstić information content (AvgIpc) is 2.48. The predicted octanol–water partition coefficient (Wildman–Crippen LogP) is 0.964. The van der Waals surface area contributed by atoms with Crippen LogP contribution in [0, 0.1) is 3.57 Å². The minimum Gasteiger partial charge on any atom is -0.368 e. The second-order valence-electron chi connectivity index (χ2n) is 2.07. The first-order valence-electron chi connectivity index (χ1n) is 3.00. The van der Waals surface area contributed by atoms with Crippen molar-refractivity contribution < 1.29 is 0 Å². The number of anilines is 1. The van der Waals surface area contributed by atoms with Gasteiger partial charge < -0.3 is 5.73 Å². The molecular formula is C5H3ClIN5. The molecule has 2 aromatic heterocycles. The third-order valence-electron chi connectivity index (χ3n) is 1.35. The van der Waals surface area contributed by atoms with Crippen molar-refractivity contribution in [2.75, 3.05) is 5.73 Å². The summed E-state index contributed by atoms with van der Waals surface area (Å²) in [5.74, 6) is 0.243. The van der Waals surface area contributed by atoms with Gasteiger partial charge in [-0.1, -0.05) is 11.6 Å². The summed E-state index contributed by atoms with van der Waals surface area (Å²) < 4.78 is 2.19. The average molecular weight is 295 g/mol. The number of hydrogen-bond acceptors (Lipinski definition) is 4. The molecule has 0 unspecified atom stereocenters. The lowest BCUT2D eigenvalue weighted by atomic mass is 10.6. The molecule has 0 aliphatic rings. The van der Waals surface area contributed by atoms with E-state index in [2.05, 4.69) is 15.1 Å². The van der Waals surface area contributed by atoms with Crippen molar-refractivity contribution in [1.82, 2.24) is 19.6 Å². The first-order valence-corrected chi connectivity index (χ1v) is 4.46. The first kappa shape index (κ1) is 7.99. The standard InChI is InChI=1S/C5H3ClIN5/c6-3-2(7)4-9-1-10-12(4)5(8)11-3/h1H,(H2,8,11). The molecule has 0 aromatic carbocycles. The third kappa shape index (κ3) is 1.02. The number of halogens is 2. The van der Waals surface area contributed by atoms with Crippen LogP contribution in [-0.2, 0) is 0 Å². The number of fused-ring (bicyclic) bond motifs is 1. The summed E-state index contributed by atoms with van der Waals surface area (Å²) in [5.41, 5.74) is 6.16. The van der Waals surface area contributed by atoms with E-state index in [0.29, 0.717) is 10.8 Å². The maximum absolute atomic E-state index is 5.77. The van der Waals surface area contributed by atoms with Crippen molar-refractivity contribution in [2.24, 2.45) is 0 Å². The molecule has 7 heteroatoms. The lowest BCUT2D eigenvalue weighted by Crippen LogP contribution is -2.03. The van der Waals surface area contributed by atoms with Gasteiger partial charge in [0.15, 0.2) is 5.65 Å². The Kier molecular flexibility index (Phi) is 1.80. The Hall–Kier alpha value is -0.630. The lowest BCUT2D eigenvalue weighted by Gasteiger charge is -1.99. The van der Waals surface area contributed by atoms with Crippen LogP contribution >= 0.6 is 34.2 Å². The van der Waals surface area contributed by atoms with Crippen molar-refractivity contribution in [1.29, 1.82) is 0 Å². The van der Waals surface area contributed by atoms with Gasteiger partial charge in [0.2, 0.25) is 5.95 Å². The molecule has 2 heterocycles. The monoisotopic (exact) mass is 295 g/mol. The molecule has 0 aliphatic carbocycles. The second kappa shape index (κ2) is 2.70. The quantitative estimate of drug-likeness (QED) is 0.581. The normalized spacial score (nSPS) is 10.8. The maximum Gasteiger partial charge on any atom is 0.224 e. The van der Waals surface area contributed by atoms with Gasteiger partial charge in [-0.15, -0.1) is 0 Å². The minimum absolute atomic E-state index is 0.243. The van der Waals surface area contributed by atoms with Crippen LogP contribution < -0.4 is 5.73 Å². The fraction of sp³-hybridized carbons (Fsp3) is 0. The summed E-state index contributed by atoms with van der Waals surface area (Å²) in [6.07, 6.45) is 1.41. The summed E-state index contributed by atoms with van der Waals surface area (Å²) in [6, 6.07) is 0. The van der Waals surface area contributed by atoms with Crippen LogP contribution in [0.2, 0.25) is 5.15 Å².